The van der Waals surface area contributed by atoms with Crippen molar-refractivity contribution in [2.75, 3.05) is 36.8 Å². The fourth-order valence-electron chi connectivity index (χ4n) is 3.98. The molecule has 0 radical (unpaired) electrons. The highest BCUT2D eigenvalue weighted by Crippen LogP contribution is 2.32. The molecule has 1 aliphatic rings. The van der Waals surface area contributed by atoms with Crippen LogP contribution in [0.2, 0.25) is 0 Å². The second-order valence-electron chi connectivity index (χ2n) is 8.17. The third-order valence-corrected chi connectivity index (χ3v) is 8.77. The summed E-state index contributed by atoms with van der Waals surface area (Å²) in [5.41, 5.74) is 3.44. The van der Waals surface area contributed by atoms with Crippen molar-refractivity contribution in [2.45, 2.75) is 31.6 Å². The van der Waals surface area contributed by atoms with E-state index in [-0.39, 0.29) is 29.4 Å². The maximum Gasteiger partial charge on any atom is 0.222 e. The summed E-state index contributed by atoms with van der Waals surface area (Å²) in [4.78, 5) is 21.5. The van der Waals surface area contributed by atoms with Crippen LogP contribution in [-0.2, 0) is 14.6 Å². The number of hydrogen-bond donors (Lipinski definition) is 0. The number of halogens is 1. The average molecular weight is 476 g/mol. The van der Waals surface area contributed by atoms with Crippen LogP contribution in [0.15, 0.2) is 41.3 Å². The van der Waals surface area contributed by atoms with E-state index in [0.29, 0.717) is 26.2 Å². The van der Waals surface area contributed by atoms with Gasteiger partial charge >= 0.3 is 0 Å². The smallest absolute Gasteiger partial charge is 0.222 e. The van der Waals surface area contributed by atoms with Gasteiger partial charge < -0.3 is 9.80 Å². The van der Waals surface area contributed by atoms with Gasteiger partial charge in [-0.15, -0.1) is 0 Å². The van der Waals surface area contributed by atoms with E-state index >= 15 is 0 Å². The minimum Gasteiger partial charge on any atom is -0.345 e. The molecule has 6 nitrogen and oxygen atoms in total. The van der Waals surface area contributed by atoms with Gasteiger partial charge in [0.25, 0.3) is 0 Å². The average Bonchev–Trinajstić information content (AvgIpc) is 3.18. The van der Waals surface area contributed by atoms with Crippen LogP contribution in [0.4, 0.5) is 9.52 Å². The van der Waals surface area contributed by atoms with Crippen LogP contribution in [0.5, 0.6) is 0 Å². The number of thiazole rings is 1. The van der Waals surface area contributed by atoms with Gasteiger partial charge in [-0.25, -0.2) is 17.8 Å². The lowest BCUT2D eigenvalue weighted by Crippen LogP contribution is -2.48. The second-order valence-corrected chi connectivity index (χ2v) is 11.3. The Balaban J connectivity index is 1.29. The molecule has 0 N–H and O–H groups in total. The van der Waals surface area contributed by atoms with E-state index in [2.05, 4.69) is 30.9 Å². The fraction of sp³-hybridized carbons (Fsp3) is 0.391. The Hall–Kier alpha value is -2.52. The quantitative estimate of drug-likeness (QED) is 0.505. The molecule has 0 unspecified atom stereocenters. The molecule has 4 rings (SSSR count). The first-order chi connectivity index (χ1) is 15.2. The zero-order valence-corrected chi connectivity index (χ0v) is 19.8. The predicted molar refractivity (Wildman–Crippen MR) is 126 cm³/mol. The van der Waals surface area contributed by atoms with Crippen molar-refractivity contribution in [3.63, 3.8) is 0 Å². The number of hydrogen-bond acceptors (Lipinski definition) is 6. The summed E-state index contributed by atoms with van der Waals surface area (Å²) in [7, 11) is -3.52. The number of carbonyl (C=O) groups excluding carboxylic acids is 1. The van der Waals surface area contributed by atoms with Crippen LogP contribution < -0.4 is 4.90 Å². The Morgan fingerprint density at radius 3 is 2.47 bits per heavy atom. The largest absolute Gasteiger partial charge is 0.345 e. The van der Waals surface area contributed by atoms with Crippen LogP contribution in [0.1, 0.15) is 24.0 Å². The highest BCUT2D eigenvalue weighted by Gasteiger charge is 2.24. The molecule has 32 heavy (non-hydrogen) atoms. The van der Waals surface area contributed by atoms with Crippen LogP contribution in [0.3, 0.4) is 0 Å². The number of fused-ring (bicyclic) bond motifs is 1. The van der Waals surface area contributed by atoms with Gasteiger partial charge in [-0.2, -0.15) is 0 Å². The number of benzene rings is 2. The summed E-state index contributed by atoms with van der Waals surface area (Å²) >= 11 is 1.69. The van der Waals surface area contributed by atoms with Crippen LogP contribution in [-0.4, -0.2) is 56.1 Å². The first kappa shape index (κ1) is 22.7. The fourth-order valence-corrected chi connectivity index (χ4v) is 6.36. The van der Waals surface area contributed by atoms with Crippen molar-refractivity contribution in [1.29, 1.82) is 0 Å². The maximum atomic E-state index is 13.0. The highest BCUT2D eigenvalue weighted by molar-refractivity contribution is 7.91. The van der Waals surface area contributed by atoms with E-state index in [1.165, 1.54) is 28.0 Å². The second kappa shape index (κ2) is 9.15. The van der Waals surface area contributed by atoms with Crippen molar-refractivity contribution in [2.24, 2.45) is 0 Å². The minimum atomic E-state index is -3.52. The molecule has 1 aromatic heterocycles. The molecule has 9 heteroatoms. The third-order valence-electron chi connectivity index (χ3n) is 5.69. The molecule has 1 saturated heterocycles. The van der Waals surface area contributed by atoms with Crippen molar-refractivity contribution in [3.8, 4) is 0 Å². The number of sulfone groups is 1. The van der Waals surface area contributed by atoms with E-state index in [4.69, 9.17) is 4.98 Å². The van der Waals surface area contributed by atoms with Gasteiger partial charge in [-0.05, 0) is 61.7 Å². The number of rotatable bonds is 6. The lowest BCUT2D eigenvalue weighted by molar-refractivity contribution is -0.131. The van der Waals surface area contributed by atoms with E-state index in [9.17, 15) is 17.6 Å². The third kappa shape index (κ3) is 4.94. The summed E-state index contributed by atoms with van der Waals surface area (Å²) < 4.78 is 38.9. The van der Waals surface area contributed by atoms with Gasteiger partial charge in [0.05, 0.1) is 20.9 Å². The normalized spacial score (nSPS) is 14.8. The topological polar surface area (TPSA) is 70.6 Å². The number of carbonyl (C=O) groups is 1. The predicted octanol–water partition coefficient (Wildman–Crippen LogP) is 3.95. The van der Waals surface area contributed by atoms with Crippen LogP contribution >= 0.6 is 11.3 Å². The van der Waals surface area contributed by atoms with Crippen molar-refractivity contribution in [1.82, 2.24) is 9.88 Å². The first-order valence-electron chi connectivity index (χ1n) is 10.6. The van der Waals surface area contributed by atoms with Crippen molar-refractivity contribution >= 4 is 42.4 Å². The molecule has 1 fully saturated rings. The molecular weight excluding hydrogens is 449 g/mol. The molecule has 1 amide bonds. The molecular formula is C23H26FN3O3S2. The number of aryl methyl sites for hydroxylation is 2. The molecule has 0 saturated carbocycles. The molecule has 170 valence electrons. The number of amides is 1. The number of piperazine rings is 1. The molecule has 0 spiro atoms. The molecule has 2 aromatic carbocycles. The van der Waals surface area contributed by atoms with Gasteiger partial charge in [0.1, 0.15) is 5.82 Å². The van der Waals surface area contributed by atoms with Crippen molar-refractivity contribution in [3.05, 3.63) is 53.3 Å². The minimum absolute atomic E-state index is 0.0327. The summed E-state index contributed by atoms with van der Waals surface area (Å²) in [6, 6.07) is 9.04. The van der Waals surface area contributed by atoms with Gasteiger partial charge in [0, 0.05) is 32.6 Å². The molecule has 0 atom stereocenters. The summed E-state index contributed by atoms with van der Waals surface area (Å²) in [5.74, 6) is -0.640. The zero-order valence-electron chi connectivity index (χ0n) is 18.2. The lowest BCUT2D eigenvalue weighted by atomic mass is 10.1. The Morgan fingerprint density at radius 1 is 1.09 bits per heavy atom. The van der Waals surface area contributed by atoms with E-state index in [1.54, 1.807) is 16.2 Å². The standard InChI is InChI=1S/C23H26FN3O3S2/c1-16-14-17(2)22-20(15-16)25-23(31-22)27-11-9-26(10-12-27)21(28)4-3-13-32(29,30)19-7-5-18(24)6-8-19/h5-8,14-15H,3-4,9-13H2,1-2H3. The van der Waals surface area contributed by atoms with E-state index in [0.717, 1.165) is 22.8 Å². The van der Waals surface area contributed by atoms with Gasteiger partial charge in [0.2, 0.25) is 5.91 Å². The van der Waals surface area contributed by atoms with Gasteiger partial charge in [-0.3, -0.25) is 4.79 Å². The van der Waals surface area contributed by atoms with Crippen LogP contribution in [0, 0.1) is 19.7 Å². The maximum absolute atomic E-state index is 13.0. The molecule has 3 aromatic rings. The van der Waals surface area contributed by atoms with Gasteiger partial charge in [0.15, 0.2) is 15.0 Å². The lowest BCUT2D eigenvalue weighted by Gasteiger charge is -2.34. The van der Waals surface area contributed by atoms with E-state index in [1.807, 2.05) is 0 Å². The van der Waals surface area contributed by atoms with Gasteiger partial charge in [-0.1, -0.05) is 17.4 Å². The summed E-state index contributed by atoms with van der Waals surface area (Å²) in [6.07, 6.45) is 0.426. The monoisotopic (exact) mass is 475 g/mol. The summed E-state index contributed by atoms with van der Waals surface area (Å²) in [6.45, 7) is 6.77. The molecule has 2 heterocycles. The Bertz CT molecular complexity index is 1230. The molecule has 0 bridgehead atoms. The highest BCUT2D eigenvalue weighted by atomic mass is 32.2. The number of nitrogens with zero attached hydrogens (tertiary/aromatic N) is 3. The first-order valence-corrected chi connectivity index (χ1v) is 13.1. The summed E-state index contributed by atoms with van der Waals surface area (Å²) in [5, 5.41) is 0.978. The number of aromatic nitrogens is 1. The SMILES string of the molecule is Cc1cc(C)c2sc(N3CCN(C(=O)CCCS(=O)(=O)c4ccc(F)cc4)CC3)nc2c1. The zero-order chi connectivity index (χ0) is 22.9. The Kier molecular flexibility index (Phi) is 6.48. The molecule has 1 aliphatic heterocycles. The van der Waals surface area contributed by atoms with Crippen molar-refractivity contribution < 1.29 is 17.6 Å². The van der Waals surface area contributed by atoms with E-state index < -0.39 is 15.7 Å². The Labute approximate surface area is 191 Å². The molecule has 0 aliphatic carbocycles. The number of anilines is 1. The Morgan fingerprint density at radius 2 is 1.78 bits per heavy atom. The van der Waals surface area contributed by atoms with Crippen LogP contribution in [0.25, 0.3) is 10.2 Å².